The van der Waals surface area contributed by atoms with E-state index in [0.717, 1.165) is 19.4 Å². The highest BCUT2D eigenvalue weighted by atomic mass is 16.5. The van der Waals surface area contributed by atoms with Gasteiger partial charge in [0.05, 0.1) is 12.2 Å². The fraction of sp³-hybridized carbons (Fsp3) is 0.900. The SMILES string of the molecule is CCOC1CC(C#N)(NC(C)C)C1. The van der Waals surface area contributed by atoms with E-state index < -0.39 is 0 Å². The summed E-state index contributed by atoms with van der Waals surface area (Å²) in [7, 11) is 0. The van der Waals surface area contributed by atoms with Gasteiger partial charge in [-0.05, 0) is 20.8 Å². The van der Waals surface area contributed by atoms with E-state index >= 15 is 0 Å². The molecule has 0 aromatic rings. The van der Waals surface area contributed by atoms with Crippen molar-refractivity contribution >= 4 is 0 Å². The van der Waals surface area contributed by atoms with Gasteiger partial charge in [0, 0.05) is 25.5 Å². The summed E-state index contributed by atoms with van der Waals surface area (Å²) in [4.78, 5) is 0. The molecular formula is C10H18N2O. The van der Waals surface area contributed by atoms with Crippen LogP contribution in [0.3, 0.4) is 0 Å². The minimum atomic E-state index is -0.312. The Balaban J connectivity index is 2.37. The van der Waals surface area contributed by atoms with Crippen LogP contribution in [0.4, 0.5) is 0 Å². The van der Waals surface area contributed by atoms with E-state index in [9.17, 15) is 0 Å². The molecule has 1 rings (SSSR count). The molecule has 0 aromatic carbocycles. The Bertz CT molecular complexity index is 201. The Hall–Kier alpha value is -0.590. The van der Waals surface area contributed by atoms with Gasteiger partial charge in [0.25, 0.3) is 0 Å². The molecule has 74 valence electrons. The predicted octanol–water partition coefficient (Wildman–Crippen LogP) is 1.45. The number of nitriles is 1. The zero-order valence-corrected chi connectivity index (χ0v) is 8.63. The molecule has 13 heavy (non-hydrogen) atoms. The van der Waals surface area contributed by atoms with Crippen molar-refractivity contribution in [2.75, 3.05) is 6.61 Å². The number of hydrogen-bond acceptors (Lipinski definition) is 3. The van der Waals surface area contributed by atoms with Gasteiger partial charge in [0.15, 0.2) is 0 Å². The van der Waals surface area contributed by atoms with Crippen molar-refractivity contribution in [2.24, 2.45) is 0 Å². The Labute approximate surface area is 80.1 Å². The van der Waals surface area contributed by atoms with Gasteiger partial charge in [0.1, 0.15) is 5.54 Å². The molecule has 0 radical (unpaired) electrons. The van der Waals surface area contributed by atoms with Crippen LogP contribution in [0.5, 0.6) is 0 Å². The second kappa shape index (κ2) is 4.08. The van der Waals surface area contributed by atoms with Crippen molar-refractivity contribution in [3.63, 3.8) is 0 Å². The number of rotatable bonds is 4. The van der Waals surface area contributed by atoms with Crippen molar-refractivity contribution in [1.29, 1.82) is 5.26 Å². The van der Waals surface area contributed by atoms with Crippen molar-refractivity contribution in [3.05, 3.63) is 0 Å². The third-order valence-electron chi connectivity index (χ3n) is 2.33. The van der Waals surface area contributed by atoms with Crippen molar-refractivity contribution in [1.82, 2.24) is 5.32 Å². The molecule has 0 unspecified atom stereocenters. The van der Waals surface area contributed by atoms with Crippen LogP contribution in [0, 0.1) is 11.3 Å². The molecule has 0 spiro atoms. The van der Waals surface area contributed by atoms with Gasteiger partial charge < -0.3 is 4.74 Å². The molecule has 3 nitrogen and oxygen atoms in total. The van der Waals surface area contributed by atoms with Gasteiger partial charge in [-0.15, -0.1) is 0 Å². The summed E-state index contributed by atoms with van der Waals surface area (Å²) in [5.41, 5.74) is -0.312. The summed E-state index contributed by atoms with van der Waals surface area (Å²) >= 11 is 0. The minimum absolute atomic E-state index is 0.288. The topological polar surface area (TPSA) is 45.0 Å². The minimum Gasteiger partial charge on any atom is -0.378 e. The molecule has 0 aromatic heterocycles. The molecule has 0 aliphatic heterocycles. The van der Waals surface area contributed by atoms with Crippen LogP contribution >= 0.6 is 0 Å². The molecule has 1 fully saturated rings. The summed E-state index contributed by atoms with van der Waals surface area (Å²) in [5, 5.41) is 12.3. The van der Waals surface area contributed by atoms with Crippen molar-refractivity contribution in [3.8, 4) is 6.07 Å². The maximum absolute atomic E-state index is 9.00. The van der Waals surface area contributed by atoms with Crippen LogP contribution in [0.15, 0.2) is 0 Å². The molecule has 0 amide bonds. The molecule has 1 saturated carbocycles. The normalized spacial score (nSPS) is 32.7. The monoisotopic (exact) mass is 182 g/mol. The molecule has 1 aliphatic carbocycles. The lowest BCUT2D eigenvalue weighted by molar-refractivity contribution is -0.0335. The average Bonchev–Trinajstić information content (AvgIpc) is 1.99. The van der Waals surface area contributed by atoms with E-state index in [1.807, 2.05) is 6.92 Å². The molecule has 1 aliphatic rings. The van der Waals surface area contributed by atoms with E-state index in [-0.39, 0.29) is 11.6 Å². The Kier molecular flexibility index (Phi) is 3.29. The lowest BCUT2D eigenvalue weighted by Crippen LogP contribution is -2.59. The lowest BCUT2D eigenvalue weighted by Gasteiger charge is -2.43. The predicted molar refractivity (Wildman–Crippen MR) is 51.3 cm³/mol. The van der Waals surface area contributed by atoms with Gasteiger partial charge in [-0.3, -0.25) is 5.32 Å². The molecule has 0 heterocycles. The molecular weight excluding hydrogens is 164 g/mol. The van der Waals surface area contributed by atoms with Crippen molar-refractivity contribution in [2.45, 2.75) is 51.3 Å². The molecule has 3 heteroatoms. The second-order valence-corrected chi connectivity index (χ2v) is 3.98. The Morgan fingerprint density at radius 1 is 1.62 bits per heavy atom. The second-order valence-electron chi connectivity index (χ2n) is 3.98. The average molecular weight is 182 g/mol. The smallest absolute Gasteiger partial charge is 0.111 e. The molecule has 0 saturated heterocycles. The number of nitrogens with zero attached hydrogens (tertiary/aromatic N) is 1. The first-order chi connectivity index (χ1) is 6.12. The number of ether oxygens (including phenoxy) is 1. The lowest BCUT2D eigenvalue weighted by atomic mass is 9.75. The van der Waals surface area contributed by atoms with Gasteiger partial charge in [-0.1, -0.05) is 0 Å². The third kappa shape index (κ3) is 2.43. The van der Waals surface area contributed by atoms with Crippen LogP contribution in [-0.4, -0.2) is 24.3 Å². The highest BCUT2D eigenvalue weighted by Gasteiger charge is 2.45. The zero-order valence-electron chi connectivity index (χ0n) is 8.63. The van der Waals surface area contributed by atoms with E-state index in [0.29, 0.717) is 6.04 Å². The first-order valence-electron chi connectivity index (χ1n) is 4.92. The highest BCUT2D eigenvalue weighted by Crippen LogP contribution is 2.34. The number of nitrogens with one attached hydrogen (secondary N) is 1. The van der Waals surface area contributed by atoms with Gasteiger partial charge in [-0.2, -0.15) is 5.26 Å². The Morgan fingerprint density at radius 2 is 2.23 bits per heavy atom. The van der Waals surface area contributed by atoms with Gasteiger partial charge in [-0.25, -0.2) is 0 Å². The van der Waals surface area contributed by atoms with E-state index in [4.69, 9.17) is 10.00 Å². The third-order valence-corrected chi connectivity index (χ3v) is 2.33. The maximum Gasteiger partial charge on any atom is 0.111 e. The molecule has 0 atom stereocenters. The zero-order chi connectivity index (χ0) is 9.90. The summed E-state index contributed by atoms with van der Waals surface area (Å²) in [6.07, 6.45) is 1.95. The summed E-state index contributed by atoms with van der Waals surface area (Å²) in [6, 6.07) is 2.71. The molecule has 1 N–H and O–H groups in total. The Morgan fingerprint density at radius 3 is 2.62 bits per heavy atom. The van der Waals surface area contributed by atoms with E-state index in [1.165, 1.54) is 0 Å². The largest absolute Gasteiger partial charge is 0.378 e. The van der Waals surface area contributed by atoms with E-state index in [1.54, 1.807) is 0 Å². The van der Waals surface area contributed by atoms with Crippen LogP contribution in [-0.2, 0) is 4.74 Å². The summed E-state index contributed by atoms with van der Waals surface area (Å²) in [6.45, 7) is 6.86. The van der Waals surface area contributed by atoms with Crippen molar-refractivity contribution < 1.29 is 4.74 Å². The van der Waals surface area contributed by atoms with Gasteiger partial charge in [0.2, 0.25) is 0 Å². The van der Waals surface area contributed by atoms with Crippen LogP contribution < -0.4 is 5.32 Å². The maximum atomic E-state index is 9.00. The van der Waals surface area contributed by atoms with Crippen LogP contribution in [0.2, 0.25) is 0 Å². The quantitative estimate of drug-likeness (QED) is 0.715. The van der Waals surface area contributed by atoms with Crippen LogP contribution in [0.1, 0.15) is 33.6 Å². The summed E-state index contributed by atoms with van der Waals surface area (Å²) in [5.74, 6) is 0. The first kappa shape index (κ1) is 10.5. The standard InChI is InChI=1S/C10H18N2O/c1-4-13-9-5-10(6-9,7-11)12-8(2)3/h8-9,12H,4-6H2,1-3H3. The van der Waals surface area contributed by atoms with Gasteiger partial charge >= 0.3 is 0 Å². The fourth-order valence-corrected chi connectivity index (χ4v) is 1.87. The number of hydrogen-bond donors (Lipinski definition) is 1. The van der Waals surface area contributed by atoms with Crippen LogP contribution in [0.25, 0.3) is 0 Å². The summed E-state index contributed by atoms with van der Waals surface area (Å²) < 4.78 is 5.43. The fourth-order valence-electron chi connectivity index (χ4n) is 1.87. The highest BCUT2D eigenvalue weighted by molar-refractivity contribution is 5.16. The van der Waals surface area contributed by atoms with E-state index in [2.05, 4.69) is 25.2 Å². The first-order valence-corrected chi connectivity index (χ1v) is 4.92. The molecule has 0 bridgehead atoms.